The van der Waals surface area contributed by atoms with E-state index in [1.54, 1.807) is 130 Å². The van der Waals surface area contributed by atoms with Crippen LogP contribution >= 0.6 is 0 Å². The first kappa shape index (κ1) is 90.3. The van der Waals surface area contributed by atoms with Gasteiger partial charge in [-0.25, -0.2) is 43.2 Å². The van der Waals surface area contributed by atoms with Crippen molar-refractivity contribution in [3.63, 3.8) is 0 Å². The monoisotopic (exact) mass is 1740 g/mol. The summed E-state index contributed by atoms with van der Waals surface area (Å²) in [7, 11) is 12.3. The number of carboxylic acids is 5. The van der Waals surface area contributed by atoms with E-state index in [4.69, 9.17) is 43.0 Å². The zero-order valence-electron chi connectivity index (χ0n) is 73.2. The smallest absolute Gasteiger partial charge is 0.345 e. The van der Waals surface area contributed by atoms with Gasteiger partial charge in [0.2, 0.25) is 44.1 Å². The van der Waals surface area contributed by atoms with Gasteiger partial charge in [-0.3, -0.25) is 0 Å². The quantitative estimate of drug-likeness (QED) is 0.0201. The number of benzene rings is 12. The van der Waals surface area contributed by atoms with Crippen LogP contribution in [0.1, 0.15) is 133 Å². The molecular weight excluding hydrogens is 1650 g/mol. The molecule has 0 unspecified atom stereocenters. The lowest BCUT2D eigenvalue weighted by Crippen LogP contribution is -2.31. The molecule has 0 saturated carbocycles. The standard InChI is InChI=1S/C27H23NO8.C26H23NO6.C25H21NO5.C24H19NO4/c1-14-9-16(26(31)32)10-15(2)25(14)36-27(33)24-19-11-17(34-4)5-7-21(19)28(3)22-8-6-18(12-20(22)24)35-13-23(29)30;1-14-10-16(25(28)29)11-15(2)24(14)33-26(30)23-19-12-17(31-4)6-8-21(19)27(3)22-9-7-18(32-5)13-20(22)23;1-13-5-7-20-18(9-13)22(19-12-17(27)6-8-21(19)26(20)4)25(30)31-23-14(2)10-16(24(28)29)11-15(23)3;1-14-12-16(23(26)27)13-15(2)22(14)29-24(28)21-17-8-4-6-10-19(17)25(3)20-11-7-5-9-18(20)21/h5-12H,13H2,1-4H3,(H-,29,30,31,32);6-13H,1-5H3;5-12H,1-4H3,(H-,27,28,29,30);4-13H,1-3H3/p+4. The van der Waals surface area contributed by atoms with Gasteiger partial charge in [0.25, 0.3) is 0 Å². The van der Waals surface area contributed by atoms with Crippen LogP contribution in [0.2, 0.25) is 0 Å². The van der Waals surface area contributed by atoms with Gasteiger partial charge < -0.3 is 68.5 Å². The molecule has 0 fully saturated rings. The van der Waals surface area contributed by atoms with E-state index in [9.17, 15) is 68.7 Å². The van der Waals surface area contributed by atoms with Gasteiger partial charge in [0.05, 0.1) is 109 Å². The average molecular weight is 1740 g/mol. The highest BCUT2D eigenvalue weighted by Gasteiger charge is 2.32. The number of rotatable bonds is 18. The summed E-state index contributed by atoms with van der Waals surface area (Å²) in [5.74, 6) is -4.14. The molecule has 12 aromatic carbocycles. The molecule has 129 heavy (non-hydrogen) atoms. The zero-order chi connectivity index (χ0) is 93.2. The molecule has 27 heteroatoms. The third kappa shape index (κ3) is 18.3. The van der Waals surface area contributed by atoms with Gasteiger partial charge >= 0.3 is 53.7 Å². The summed E-state index contributed by atoms with van der Waals surface area (Å²) in [6.07, 6.45) is 0. The maximum absolute atomic E-state index is 13.7. The average Bonchev–Trinajstić information content (AvgIpc) is 0.756. The maximum Gasteiger partial charge on any atom is 0.345 e. The number of aromatic nitrogens is 4. The van der Waals surface area contributed by atoms with Crippen LogP contribution in [0.25, 0.3) is 87.2 Å². The van der Waals surface area contributed by atoms with Crippen molar-refractivity contribution in [1.29, 1.82) is 0 Å². The van der Waals surface area contributed by atoms with E-state index in [1.165, 1.54) is 55.6 Å². The second-order valence-corrected chi connectivity index (χ2v) is 31.0. The van der Waals surface area contributed by atoms with Gasteiger partial charge in [-0.15, -0.1) is 0 Å². The number of hydrogen-bond acceptors (Lipinski definition) is 18. The van der Waals surface area contributed by atoms with E-state index >= 15 is 0 Å². The molecule has 6 N–H and O–H groups in total. The number of aryl methyl sites for hydroxylation is 13. The van der Waals surface area contributed by atoms with Crippen molar-refractivity contribution in [2.45, 2.75) is 62.3 Å². The Morgan fingerprint density at radius 2 is 0.504 bits per heavy atom. The number of aromatic hydroxyl groups is 1. The van der Waals surface area contributed by atoms with Crippen LogP contribution in [0.3, 0.4) is 0 Å². The Bertz CT molecular complexity index is 7180. The fraction of sp³-hybridized carbons (Fsp3) is 0.167. The predicted molar refractivity (Wildman–Crippen MR) is 481 cm³/mol. The number of hydrogen-bond donors (Lipinski definition) is 6. The number of esters is 4. The Kier molecular flexibility index (Phi) is 26.0. The second kappa shape index (κ2) is 37.2. The summed E-state index contributed by atoms with van der Waals surface area (Å²) in [6, 6.07) is 59.4. The molecule has 0 aliphatic rings. The van der Waals surface area contributed by atoms with E-state index in [0.29, 0.717) is 134 Å². The summed E-state index contributed by atoms with van der Waals surface area (Å²) in [5, 5.41) is 61.5. The number of carbonyl (C=O) groups is 9. The molecule has 4 heterocycles. The normalized spacial score (nSPS) is 11.0. The van der Waals surface area contributed by atoms with Crippen LogP contribution in [0.15, 0.2) is 206 Å². The van der Waals surface area contributed by atoms with Gasteiger partial charge in [0, 0.05) is 48.5 Å². The van der Waals surface area contributed by atoms with Gasteiger partial charge in [-0.05, 0) is 234 Å². The summed E-state index contributed by atoms with van der Waals surface area (Å²) in [4.78, 5) is 111. The number of fused-ring (bicyclic) bond motifs is 8. The lowest BCUT2D eigenvalue weighted by molar-refractivity contribution is -0.617. The number of methoxy groups -OCH3 is 3. The van der Waals surface area contributed by atoms with Crippen LogP contribution < -0.4 is 56.2 Å². The summed E-state index contributed by atoms with van der Waals surface area (Å²) >= 11 is 0. The molecule has 0 spiro atoms. The predicted octanol–water partition coefficient (Wildman–Crippen LogP) is 16.9. The van der Waals surface area contributed by atoms with Crippen molar-refractivity contribution in [2.24, 2.45) is 28.2 Å². The Morgan fingerprint density at radius 1 is 0.271 bits per heavy atom. The van der Waals surface area contributed by atoms with Gasteiger partial charge in [0.1, 0.15) is 79.9 Å². The first-order chi connectivity index (χ1) is 61.4. The number of aliphatic carboxylic acids is 1. The highest BCUT2D eigenvalue weighted by atomic mass is 16.6. The fourth-order valence-corrected chi connectivity index (χ4v) is 16.3. The van der Waals surface area contributed by atoms with Crippen LogP contribution in [-0.4, -0.2) is 112 Å². The Balaban J connectivity index is 0.000000147. The van der Waals surface area contributed by atoms with Crippen molar-refractivity contribution in [1.82, 2.24) is 0 Å². The molecule has 16 aromatic rings. The van der Waals surface area contributed by atoms with Crippen molar-refractivity contribution in [3.8, 4) is 51.7 Å². The fourth-order valence-electron chi connectivity index (χ4n) is 16.3. The molecule has 4 aromatic heterocycles. The summed E-state index contributed by atoms with van der Waals surface area (Å²) in [5.41, 5.74) is 14.0. The van der Waals surface area contributed by atoms with Crippen molar-refractivity contribution in [2.75, 3.05) is 27.9 Å². The number of carboxylic acid groups (broad SMARTS) is 5. The molecule has 0 saturated heterocycles. The van der Waals surface area contributed by atoms with Crippen LogP contribution in [0, 0.1) is 62.3 Å². The van der Waals surface area contributed by atoms with E-state index < -0.39 is 60.3 Å². The Hall–Kier alpha value is -16.5. The van der Waals surface area contributed by atoms with E-state index in [2.05, 4.69) is 4.57 Å². The maximum atomic E-state index is 13.7. The molecule has 652 valence electrons. The van der Waals surface area contributed by atoms with Crippen LogP contribution in [0.4, 0.5) is 0 Å². The Labute approximate surface area is 738 Å². The number of phenolic OH excluding ortho intramolecular Hbond substituents is 1. The Morgan fingerprint density at radius 3 is 0.783 bits per heavy atom. The number of para-hydroxylation sites is 2. The highest BCUT2D eigenvalue weighted by molar-refractivity contribution is 6.17. The molecule has 0 atom stereocenters. The number of pyridine rings is 4. The first-order valence-electron chi connectivity index (χ1n) is 40.3. The molecule has 27 nitrogen and oxygen atoms in total. The van der Waals surface area contributed by atoms with E-state index in [1.807, 2.05) is 146 Å². The highest BCUT2D eigenvalue weighted by Crippen LogP contribution is 2.39. The molecular formula is C102H90N4O23+4. The minimum absolute atomic E-state index is 0.0479. The minimum atomic E-state index is -1.13. The number of carbonyl (C=O) groups excluding carboxylic acids is 4. The second-order valence-electron chi connectivity index (χ2n) is 31.0. The number of phenols is 1. The minimum Gasteiger partial charge on any atom is -0.508 e. The van der Waals surface area contributed by atoms with Crippen molar-refractivity contribution in [3.05, 3.63) is 301 Å². The van der Waals surface area contributed by atoms with Crippen molar-refractivity contribution < 1.29 is 130 Å². The number of aromatic carboxylic acids is 4. The van der Waals surface area contributed by atoms with Crippen molar-refractivity contribution >= 4 is 141 Å². The molecule has 0 aliphatic carbocycles. The lowest BCUT2D eigenvalue weighted by Gasteiger charge is -2.15. The van der Waals surface area contributed by atoms with Gasteiger partial charge in [0.15, 0.2) is 6.61 Å². The lowest BCUT2D eigenvalue weighted by atomic mass is 10.00. The number of ether oxygens (including phenoxy) is 8. The van der Waals surface area contributed by atoms with E-state index in [0.717, 1.165) is 55.0 Å². The largest absolute Gasteiger partial charge is 0.508 e. The number of nitrogens with zero attached hydrogens (tertiary/aromatic N) is 4. The zero-order valence-corrected chi connectivity index (χ0v) is 73.2. The van der Waals surface area contributed by atoms with Gasteiger partial charge in [-0.1, -0.05) is 35.9 Å². The summed E-state index contributed by atoms with van der Waals surface area (Å²) in [6.45, 7) is 15.1. The van der Waals surface area contributed by atoms with Crippen LogP contribution in [0.5, 0.6) is 51.7 Å². The molecule has 0 radical (unpaired) electrons. The SMILES string of the molecule is COc1ccc2c(c1)c(C(=O)Oc1c(C)cc(C(=O)O)cc1C)c1cc(OC)ccc1[n+]2C.COc1ccc2c(c1)c(C(=O)Oc1c(C)cc(C(=O)O)cc1C)c1cc(OCC(=O)O)ccc1[n+]2C.Cc1cc(C(=O)O)cc(C)c1OC(=O)c1c2ccccc2[n+](C)c2ccccc12.Cc1ccc2c(c1)c(C(=O)Oc1c(C)cc(C(=O)O)cc1C)c1cc(O)ccc1[n+]2C. The first-order valence-corrected chi connectivity index (χ1v) is 40.3. The van der Waals surface area contributed by atoms with Crippen LogP contribution in [-0.2, 0) is 33.0 Å². The van der Waals surface area contributed by atoms with E-state index in [-0.39, 0.29) is 45.1 Å². The molecule has 0 aliphatic heterocycles. The topological polar surface area (TPSA) is 364 Å². The third-order valence-corrected chi connectivity index (χ3v) is 22.4. The summed E-state index contributed by atoms with van der Waals surface area (Å²) < 4.78 is 52.8. The molecule has 0 bridgehead atoms. The third-order valence-electron chi connectivity index (χ3n) is 22.4. The van der Waals surface area contributed by atoms with Gasteiger partial charge in [-0.2, -0.15) is 18.3 Å². The molecule has 16 rings (SSSR count). The molecule has 0 amide bonds.